The Kier molecular flexibility index (Phi) is 4.90. The molecule has 2 N–H and O–H groups in total. The lowest BCUT2D eigenvalue weighted by Gasteiger charge is -2.09. The van der Waals surface area contributed by atoms with E-state index in [0.717, 1.165) is 4.57 Å². The van der Waals surface area contributed by atoms with Crippen LogP contribution >= 0.6 is 11.6 Å². The van der Waals surface area contributed by atoms with E-state index in [1.54, 1.807) is 55.6 Å². The zero-order valence-corrected chi connectivity index (χ0v) is 14.4. The third-order valence-electron chi connectivity index (χ3n) is 3.62. The van der Waals surface area contributed by atoms with Gasteiger partial charge in [-0.2, -0.15) is 0 Å². The largest absolute Gasteiger partial charge is 0.497 e. The van der Waals surface area contributed by atoms with Crippen LogP contribution in [-0.4, -0.2) is 28.0 Å². The first-order valence-electron chi connectivity index (χ1n) is 7.52. The molecule has 1 aromatic heterocycles. The number of H-pyrrole nitrogens is 1. The van der Waals surface area contributed by atoms with Crippen molar-refractivity contribution in [3.8, 4) is 17.3 Å². The average molecular weight is 372 g/mol. The van der Waals surface area contributed by atoms with Gasteiger partial charge in [0.25, 0.3) is 5.56 Å². The Balaban J connectivity index is 2.05. The van der Waals surface area contributed by atoms with Crippen molar-refractivity contribution in [1.82, 2.24) is 9.55 Å². The lowest BCUT2D eigenvalue weighted by Crippen LogP contribution is -2.31. The number of aromatic nitrogens is 2. The predicted molar refractivity (Wildman–Crippen MR) is 99.6 cm³/mol. The highest BCUT2D eigenvalue weighted by molar-refractivity contribution is 6.30. The van der Waals surface area contributed by atoms with Crippen LogP contribution in [0.2, 0.25) is 5.02 Å². The molecule has 26 heavy (non-hydrogen) atoms. The normalized spacial score (nSPS) is 11.0. The Morgan fingerprint density at radius 3 is 2.38 bits per heavy atom. The number of ether oxygens (including phenoxy) is 1. The van der Waals surface area contributed by atoms with Crippen molar-refractivity contribution in [2.75, 3.05) is 7.11 Å². The molecule has 0 aliphatic carbocycles. The molecule has 132 valence electrons. The molecule has 0 aliphatic rings. The smallest absolute Gasteiger partial charge is 0.335 e. The summed E-state index contributed by atoms with van der Waals surface area (Å²) in [6.45, 7) is 0. The van der Waals surface area contributed by atoms with Gasteiger partial charge in [-0.05, 0) is 48.5 Å². The van der Waals surface area contributed by atoms with Crippen LogP contribution in [0.15, 0.2) is 63.1 Å². The molecule has 2 aromatic carbocycles. The molecule has 0 atom stereocenters. The van der Waals surface area contributed by atoms with Gasteiger partial charge < -0.3 is 9.84 Å². The Morgan fingerprint density at radius 1 is 1.12 bits per heavy atom. The van der Waals surface area contributed by atoms with Crippen molar-refractivity contribution in [3.05, 3.63) is 80.0 Å². The second-order valence-electron chi connectivity index (χ2n) is 5.26. The molecular formula is C18H14ClN3O4. The van der Waals surface area contributed by atoms with E-state index in [9.17, 15) is 14.7 Å². The lowest BCUT2D eigenvalue weighted by atomic mass is 10.2. The number of methoxy groups -OCH3 is 1. The maximum absolute atomic E-state index is 12.1. The van der Waals surface area contributed by atoms with Crippen molar-refractivity contribution >= 4 is 23.5 Å². The number of halogens is 1. The summed E-state index contributed by atoms with van der Waals surface area (Å²) in [7, 11) is 1.55. The Morgan fingerprint density at radius 2 is 1.77 bits per heavy atom. The second-order valence-corrected chi connectivity index (χ2v) is 5.70. The average Bonchev–Trinajstić information content (AvgIpc) is 2.63. The number of nitrogens with one attached hydrogen (secondary N) is 1. The summed E-state index contributed by atoms with van der Waals surface area (Å²) in [6, 6.07) is 13.0. The van der Waals surface area contributed by atoms with Crippen LogP contribution in [0.25, 0.3) is 5.69 Å². The molecule has 0 spiro atoms. The zero-order valence-electron chi connectivity index (χ0n) is 13.6. The SMILES string of the molecule is COc1ccc(N=Cc2c(O)n(-c3ccc(Cl)cc3)c(=O)[nH]c2=O)cc1. The minimum absolute atomic E-state index is 0.143. The van der Waals surface area contributed by atoms with E-state index in [0.29, 0.717) is 22.1 Å². The summed E-state index contributed by atoms with van der Waals surface area (Å²) < 4.78 is 6.03. The third-order valence-corrected chi connectivity index (χ3v) is 3.87. The van der Waals surface area contributed by atoms with Crippen LogP contribution in [0, 0.1) is 0 Å². The first-order chi connectivity index (χ1) is 12.5. The third kappa shape index (κ3) is 3.52. The monoisotopic (exact) mass is 371 g/mol. The summed E-state index contributed by atoms with van der Waals surface area (Å²) >= 11 is 5.84. The maximum atomic E-state index is 12.1. The van der Waals surface area contributed by atoms with E-state index in [4.69, 9.17) is 16.3 Å². The van der Waals surface area contributed by atoms with E-state index < -0.39 is 17.1 Å². The number of rotatable bonds is 4. The standard InChI is InChI=1S/C18H14ClN3O4/c1-26-14-8-4-12(5-9-14)20-10-15-16(23)21-18(25)22(17(15)24)13-6-2-11(19)3-7-13/h2-10,24H,1H3,(H,21,23,25). The molecule has 8 heteroatoms. The number of aliphatic imine (C=N–C) groups is 1. The van der Waals surface area contributed by atoms with Crippen molar-refractivity contribution < 1.29 is 9.84 Å². The Hall–Kier alpha value is -3.32. The summed E-state index contributed by atoms with van der Waals surface area (Å²) in [4.78, 5) is 30.5. The first kappa shape index (κ1) is 17.5. The Labute approximate surface area is 152 Å². The van der Waals surface area contributed by atoms with E-state index in [1.165, 1.54) is 6.21 Å². The molecule has 0 aliphatic heterocycles. The number of hydrogen-bond acceptors (Lipinski definition) is 5. The van der Waals surface area contributed by atoms with Crippen LogP contribution in [0.4, 0.5) is 5.69 Å². The van der Waals surface area contributed by atoms with E-state index in [-0.39, 0.29) is 5.56 Å². The summed E-state index contributed by atoms with van der Waals surface area (Å²) in [5.41, 5.74) is -0.747. The van der Waals surface area contributed by atoms with Crippen molar-refractivity contribution in [3.63, 3.8) is 0 Å². The molecule has 0 fully saturated rings. The van der Waals surface area contributed by atoms with E-state index in [1.807, 2.05) is 0 Å². The van der Waals surface area contributed by atoms with Crippen molar-refractivity contribution in [2.24, 2.45) is 4.99 Å². The molecule has 0 radical (unpaired) electrons. The number of aromatic amines is 1. The molecule has 1 heterocycles. The highest BCUT2D eigenvalue weighted by atomic mass is 35.5. The van der Waals surface area contributed by atoms with Gasteiger partial charge in [0.1, 0.15) is 11.3 Å². The molecule has 0 amide bonds. The van der Waals surface area contributed by atoms with Gasteiger partial charge in [-0.3, -0.25) is 14.8 Å². The van der Waals surface area contributed by atoms with Gasteiger partial charge in [0, 0.05) is 11.2 Å². The molecule has 3 aromatic rings. The van der Waals surface area contributed by atoms with Crippen LogP contribution in [0.1, 0.15) is 5.56 Å². The molecule has 0 bridgehead atoms. The summed E-state index contributed by atoms with van der Waals surface area (Å²) in [5.74, 6) is 0.152. The first-order valence-corrected chi connectivity index (χ1v) is 7.90. The van der Waals surface area contributed by atoms with Gasteiger partial charge in [0.15, 0.2) is 0 Å². The van der Waals surface area contributed by atoms with Gasteiger partial charge in [0.2, 0.25) is 5.88 Å². The van der Waals surface area contributed by atoms with E-state index in [2.05, 4.69) is 9.98 Å². The van der Waals surface area contributed by atoms with Crippen LogP contribution in [-0.2, 0) is 0 Å². The number of hydrogen-bond donors (Lipinski definition) is 2. The molecule has 0 unspecified atom stereocenters. The van der Waals surface area contributed by atoms with Gasteiger partial charge in [-0.25, -0.2) is 9.36 Å². The molecule has 0 saturated heterocycles. The predicted octanol–water partition coefficient (Wildman–Crippen LogP) is 2.64. The Bertz CT molecular complexity index is 1070. The molecule has 3 rings (SSSR count). The number of nitrogens with zero attached hydrogens (tertiary/aromatic N) is 2. The highest BCUT2D eigenvalue weighted by Crippen LogP contribution is 2.20. The van der Waals surface area contributed by atoms with E-state index >= 15 is 0 Å². The lowest BCUT2D eigenvalue weighted by molar-refractivity contribution is 0.415. The van der Waals surface area contributed by atoms with Gasteiger partial charge in [-0.15, -0.1) is 0 Å². The van der Waals surface area contributed by atoms with Gasteiger partial charge >= 0.3 is 5.69 Å². The summed E-state index contributed by atoms with van der Waals surface area (Å²) in [6.07, 6.45) is 1.20. The summed E-state index contributed by atoms with van der Waals surface area (Å²) in [5, 5.41) is 10.9. The van der Waals surface area contributed by atoms with Gasteiger partial charge in [-0.1, -0.05) is 11.6 Å². The van der Waals surface area contributed by atoms with Crippen LogP contribution in [0.3, 0.4) is 0 Å². The number of benzene rings is 2. The van der Waals surface area contributed by atoms with Gasteiger partial charge in [0.05, 0.1) is 18.5 Å². The maximum Gasteiger partial charge on any atom is 0.335 e. The molecule has 7 nitrogen and oxygen atoms in total. The molecular weight excluding hydrogens is 358 g/mol. The quantitative estimate of drug-likeness (QED) is 0.689. The minimum atomic E-state index is -0.767. The van der Waals surface area contributed by atoms with Crippen molar-refractivity contribution in [2.45, 2.75) is 0 Å². The minimum Gasteiger partial charge on any atom is -0.497 e. The highest BCUT2D eigenvalue weighted by Gasteiger charge is 2.14. The fourth-order valence-electron chi connectivity index (χ4n) is 2.29. The second kappa shape index (κ2) is 7.28. The fourth-order valence-corrected chi connectivity index (χ4v) is 2.42. The van der Waals surface area contributed by atoms with Crippen LogP contribution in [0.5, 0.6) is 11.6 Å². The zero-order chi connectivity index (χ0) is 18.7. The molecule has 0 saturated carbocycles. The van der Waals surface area contributed by atoms with Crippen LogP contribution < -0.4 is 16.0 Å². The number of aromatic hydroxyl groups is 1. The fraction of sp³-hybridized carbons (Fsp3) is 0.0556. The topological polar surface area (TPSA) is 96.7 Å². The van der Waals surface area contributed by atoms with Crippen molar-refractivity contribution in [1.29, 1.82) is 0 Å².